The molecule has 1 aliphatic rings. The number of para-hydroxylation sites is 1. The topological polar surface area (TPSA) is 78.7 Å². The number of anilines is 3. The molecule has 0 aromatic heterocycles. The molecule has 0 atom stereocenters. The lowest BCUT2D eigenvalue weighted by molar-refractivity contribution is -0.131. The molecular formula is C23H30N4O2. The first-order valence-corrected chi connectivity index (χ1v) is 10.3. The Morgan fingerprint density at radius 3 is 2.17 bits per heavy atom. The van der Waals surface area contributed by atoms with Crippen LogP contribution in [-0.2, 0) is 9.59 Å². The van der Waals surface area contributed by atoms with Gasteiger partial charge in [0.1, 0.15) is 0 Å². The molecule has 3 N–H and O–H groups in total. The van der Waals surface area contributed by atoms with Crippen LogP contribution in [0.2, 0.25) is 0 Å². The van der Waals surface area contributed by atoms with E-state index in [-0.39, 0.29) is 11.8 Å². The Balaban J connectivity index is 1.27. The summed E-state index contributed by atoms with van der Waals surface area (Å²) >= 11 is 0. The van der Waals surface area contributed by atoms with Crippen LogP contribution < -0.4 is 16.0 Å². The highest BCUT2D eigenvalue weighted by Crippen LogP contribution is 2.17. The van der Waals surface area contributed by atoms with Gasteiger partial charge < -0.3 is 20.9 Å². The first kappa shape index (κ1) is 20.7. The smallest absolute Gasteiger partial charge is 0.224 e. The van der Waals surface area contributed by atoms with E-state index in [0.29, 0.717) is 18.5 Å². The minimum atomic E-state index is -0.00173. The Labute approximate surface area is 172 Å². The lowest BCUT2D eigenvalue weighted by Crippen LogP contribution is -2.48. The molecule has 1 aliphatic heterocycles. The van der Waals surface area contributed by atoms with E-state index >= 15 is 0 Å². The van der Waals surface area contributed by atoms with Crippen molar-refractivity contribution in [2.75, 3.05) is 42.1 Å². The number of piperazine rings is 1. The van der Waals surface area contributed by atoms with Gasteiger partial charge >= 0.3 is 0 Å². The van der Waals surface area contributed by atoms with Crippen molar-refractivity contribution in [1.29, 1.82) is 0 Å². The first-order valence-electron chi connectivity index (χ1n) is 10.3. The maximum absolute atomic E-state index is 12.4. The number of benzene rings is 2. The molecule has 1 fully saturated rings. The number of nitrogen functional groups attached to an aromatic ring is 1. The van der Waals surface area contributed by atoms with Crippen molar-refractivity contribution in [3.05, 3.63) is 54.6 Å². The van der Waals surface area contributed by atoms with Gasteiger partial charge in [-0.2, -0.15) is 0 Å². The van der Waals surface area contributed by atoms with Crippen molar-refractivity contribution in [1.82, 2.24) is 4.90 Å². The Kier molecular flexibility index (Phi) is 7.50. The van der Waals surface area contributed by atoms with Crippen molar-refractivity contribution < 1.29 is 9.59 Å². The van der Waals surface area contributed by atoms with E-state index in [0.717, 1.165) is 51.1 Å². The maximum atomic E-state index is 12.4. The van der Waals surface area contributed by atoms with Crippen LogP contribution in [0.1, 0.15) is 32.1 Å². The molecule has 0 spiro atoms. The summed E-state index contributed by atoms with van der Waals surface area (Å²) in [5, 5.41) is 2.86. The van der Waals surface area contributed by atoms with Crippen molar-refractivity contribution in [3.63, 3.8) is 0 Å². The number of amides is 2. The predicted molar refractivity (Wildman–Crippen MR) is 118 cm³/mol. The molecule has 0 aliphatic carbocycles. The summed E-state index contributed by atoms with van der Waals surface area (Å²) in [5.41, 5.74) is 8.29. The Morgan fingerprint density at radius 2 is 1.48 bits per heavy atom. The Morgan fingerprint density at radius 1 is 0.828 bits per heavy atom. The molecule has 2 amide bonds. The summed E-state index contributed by atoms with van der Waals surface area (Å²) in [6.07, 6.45) is 3.52. The zero-order chi connectivity index (χ0) is 20.5. The van der Waals surface area contributed by atoms with Crippen LogP contribution in [0.15, 0.2) is 54.6 Å². The van der Waals surface area contributed by atoms with Gasteiger partial charge in [0.15, 0.2) is 0 Å². The standard InChI is InChI=1S/C23H30N4O2/c24-19-11-13-20(14-12-19)25-22(28)9-5-2-6-10-23(29)27-17-15-26(16-18-27)21-7-3-1-4-8-21/h1,3-4,7-8,11-14H,2,5-6,9-10,15-18,24H2,(H,25,28). The molecule has 6 nitrogen and oxygen atoms in total. The van der Waals surface area contributed by atoms with Gasteiger partial charge in [-0.3, -0.25) is 9.59 Å². The number of carbonyl (C=O) groups is 2. The highest BCUT2D eigenvalue weighted by atomic mass is 16.2. The van der Waals surface area contributed by atoms with E-state index in [9.17, 15) is 9.59 Å². The second-order valence-corrected chi connectivity index (χ2v) is 7.43. The lowest BCUT2D eigenvalue weighted by atomic mass is 10.1. The summed E-state index contributed by atoms with van der Waals surface area (Å²) in [5.74, 6) is 0.224. The van der Waals surface area contributed by atoms with Crippen LogP contribution in [-0.4, -0.2) is 42.9 Å². The minimum absolute atomic E-state index is 0.00173. The molecule has 154 valence electrons. The molecule has 6 heteroatoms. The van der Waals surface area contributed by atoms with Gasteiger partial charge in [0.05, 0.1) is 0 Å². The third-order valence-corrected chi connectivity index (χ3v) is 5.24. The summed E-state index contributed by atoms with van der Waals surface area (Å²) in [6.45, 7) is 3.30. The SMILES string of the molecule is Nc1ccc(NC(=O)CCCCCC(=O)N2CCN(c3ccccc3)CC2)cc1. The predicted octanol–water partition coefficient (Wildman–Crippen LogP) is 3.51. The van der Waals surface area contributed by atoms with E-state index in [1.807, 2.05) is 23.1 Å². The molecule has 3 rings (SSSR count). The van der Waals surface area contributed by atoms with E-state index in [1.54, 1.807) is 24.3 Å². The molecule has 0 bridgehead atoms. The molecule has 0 saturated carbocycles. The molecule has 0 radical (unpaired) electrons. The van der Waals surface area contributed by atoms with E-state index in [1.165, 1.54) is 5.69 Å². The van der Waals surface area contributed by atoms with E-state index in [2.05, 4.69) is 22.3 Å². The van der Waals surface area contributed by atoms with Crippen LogP contribution in [0, 0.1) is 0 Å². The zero-order valence-corrected chi connectivity index (χ0v) is 16.8. The third-order valence-electron chi connectivity index (χ3n) is 5.24. The van der Waals surface area contributed by atoms with Crippen molar-refractivity contribution in [2.24, 2.45) is 0 Å². The van der Waals surface area contributed by atoms with Crippen LogP contribution >= 0.6 is 0 Å². The van der Waals surface area contributed by atoms with Crippen molar-refractivity contribution >= 4 is 28.9 Å². The van der Waals surface area contributed by atoms with Gasteiger partial charge in [-0.1, -0.05) is 24.6 Å². The van der Waals surface area contributed by atoms with Crippen LogP contribution in [0.4, 0.5) is 17.1 Å². The Hall–Kier alpha value is -3.02. The number of carbonyl (C=O) groups excluding carboxylic acids is 2. The number of hydrogen-bond donors (Lipinski definition) is 2. The third kappa shape index (κ3) is 6.52. The Bertz CT molecular complexity index is 784. The fourth-order valence-corrected chi connectivity index (χ4v) is 3.54. The molecule has 1 heterocycles. The van der Waals surface area contributed by atoms with E-state index < -0.39 is 0 Å². The van der Waals surface area contributed by atoms with Crippen molar-refractivity contribution in [3.8, 4) is 0 Å². The van der Waals surface area contributed by atoms with Crippen LogP contribution in [0.3, 0.4) is 0 Å². The number of unbranched alkanes of at least 4 members (excludes halogenated alkanes) is 2. The highest BCUT2D eigenvalue weighted by molar-refractivity contribution is 5.90. The van der Waals surface area contributed by atoms with Gasteiger partial charge in [0.2, 0.25) is 11.8 Å². The number of rotatable bonds is 8. The average Bonchev–Trinajstić information content (AvgIpc) is 2.76. The van der Waals surface area contributed by atoms with Gasteiger partial charge in [-0.15, -0.1) is 0 Å². The zero-order valence-electron chi connectivity index (χ0n) is 16.8. The van der Waals surface area contributed by atoms with Gasteiger partial charge in [-0.25, -0.2) is 0 Å². The number of nitrogens with one attached hydrogen (secondary N) is 1. The molecule has 2 aromatic carbocycles. The summed E-state index contributed by atoms with van der Waals surface area (Å²) < 4.78 is 0. The lowest BCUT2D eigenvalue weighted by Gasteiger charge is -2.36. The van der Waals surface area contributed by atoms with Crippen LogP contribution in [0.5, 0.6) is 0 Å². The minimum Gasteiger partial charge on any atom is -0.399 e. The van der Waals surface area contributed by atoms with Gasteiger partial charge in [0.25, 0.3) is 0 Å². The van der Waals surface area contributed by atoms with Crippen molar-refractivity contribution in [2.45, 2.75) is 32.1 Å². The molecule has 0 unspecified atom stereocenters. The molecular weight excluding hydrogens is 364 g/mol. The fourth-order valence-electron chi connectivity index (χ4n) is 3.54. The van der Waals surface area contributed by atoms with Gasteiger partial charge in [-0.05, 0) is 49.2 Å². The molecule has 29 heavy (non-hydrogen) atoms. The largest absolute Gasteiger partial charge is 0.399 e. The normalized spacial score (nSPS) is 13.9. The quantitative estimate of drug-likeness (QED) is 0.530. The van der Waals surface area contributed by atoms with Gasteiger partial charge in [0, 0.05) is 56.1 Å². The monoisotopic (exact) mass is 394 g/mol. The summed E-state index contributed by atoms with van der Waals surface area (Å²) in [4.78, 5) is 28.7. The average molecular weight is 395 g/mol. The first-order chi connectivity index (χ1) is 14.1. The molecule has 2 aromatic rings. The summed E-state index contributed by atoms with van der Waals surface area (Å²) in [6, 6.07) is 17.5. The summed E-state index contributed by atoms with van der Waals surface area (Å²) in [7, 11) is 0. The van der Waals surface area contributed by atoms with E-state index in [4.69, 9.17) is 5.73 Å². The molecule has 1 saturated heterocycles. The number of hydrogen-bond acceptors (Lipinski definition) is 4. The maximum Gasteiger partial charge on any atom is 0.224 e. The second-order valence-electron chi connectivity index (χ2n) is 7.43. The highest BCUT2D eigenvalue weighted by Gasteiger charge is 2.20. The number of nitrogens with zero attached hydrogens (tertiary/aromatic N) is 2. The van der Waals surface area contributed by atoms with Crippen LogP contribution in [0.25, 0.3) is 0 Å². The number of nitrogens with two attached hydrogens (primary N) is 1. The fraction of sp³-hybridized carbons (Fsp3) is 0.391. The second kappa shape index (κ2) is 10.5.